The van der Waals surface area contributed by atoms with Crippen molar-refractivity contribution in [3.63, 3.8) is 0 Å². The normalized spacial score (nSPS) is 15.3. The molecule has 8 heteroatoms. The summed E-state index contributed by atoms with van der Waals surface area (Å²) in [6.45, 7) is 1.01. The molecule has 0 radical (unpaired) electrons. The van der Waals surface area contributed by atoms with Crippen LogP contribution in [-0.2, 0) is 26.2 Å². The van der Waals surface area contributed by atoms with Crippen molar-refractivity contribution in [1.82, 2.24) is 19.5 Å². The quantitative estimate of drug-likeness (QED) is 0.800. The summed E-state index contributed by atoms with van der Waals surface area (Å²) >= 11 is 0. The molecule has 5 nitrogen and oxygen atoms in total. The van der Waals surface area contributed by atoms with Gasteiger partial charge in [0.25, 0.3) is 0 Å². The van der Waals surface area contributed by atoms with Gasteiger partial charge in [-0.2, -0.15) is 13.2 Å². The van der Waals surface area contributed by atoms with E-state index in [1.54, 1.807) is 11.2 Å². The van der Waals surface area contributed by atoms with Gasteiger partial charge in [0.1, 0.15) is 5.69 Å². The third-order valence-corrected chi connectivity index (χ3v) is 3.32. The number of hydrogen-bond acceptors (Lipinski definition) is 4. The van der Waals surface area contributed by atoms with Gasteiger partial charge in [0, 0.05) is 31.9 Å². The molecule has 0 atom stereocenters. The second-order valence-electron chi connectivity index (χ2n) is 4.66. The molecule has 20 heavy (non-hydrogen) atoms. The maximum atomic E-state index is 12.7. The first-order chi connectivity index (χ1) is 9.45. The van der Waals surface area contributed by atoms with Gasteiger partial charge in [0.05, 0.1) is 18.6 Å². The van der Waals surface area contributed by atoms with Crippen molar-refractivity contribution in [1.29, 1.82) is 0 Å². The number of halogens is 3. The van der Waals surface area contributed by atoms with E-state index >= 15 is 0 Å². The van der Waals surface area contributed by atoms with Gasteiger partial charge in [-0.15, -0.1) is 0 Å². The Bertz CT molecular complexity index is 634. The van der Waals surface area contributed by atoms with Crippen molar-refractivity contribution in [3.8, 4) is 0 Å². The molecule has 0 spiro atoms. The van der Waals surface area contributed by atoms with Crippen molar-refractivity contribution in [3.05, 3.63) is 35.7 Å². The highest BCUT2D eigenvalue weighted by molar-refractivity contribution is 5.36. The zero-order chi connectivity index (χ0) is 14.3. The van der Waals surface area contributed by atoms with E-state index in [1.165, 1.54) is 0 Å². The second-order valence-corrected chi connectivity index (χ2v) is 4.66. The van der Waals surface area contributed by atoms with Gasteiger partial charge in [-0.1, -0.05) is 0 Å². The van der Waals surface area contributed by atoms with Gasteiger partial charge >= 0.3 is 6.18 Å². The van der Waals surface area contributed by atoms with Gasteiger partial charge in [-0.05, 0) is 6.07 Å². The van der Waals surface area contributed by atoms with Gasteiger partial charge in [0.15, 0.2) is 0 Å². The number of nitrogens with zero attached hydrogens (tertiary/aromatic N) is 5. The van der Waals surface area contributed by atoms with Crippen molar-refractivity contribution >= 4 is 5.95 Å². The number of hydrogen-bond donors (Lipinski definition) is 0. The molecule has 3 heterocycles. The average molecular weight is 283 g/mol. The second kappa shape index (κ2) is 4.46. The Hall–Kier alpha value is -2.12. The van der Waals surface area contributed by atoms with Crippen molar-refractivity contribution < 1.29 is 13.2 Å². The first kappa shape index (κ1) is 12.9. The van der Waals surface area contributed by atoms with Gasteiger partial charge in [-0.3, -0.25) is 0 Å². The molecule has 1 aliphatic rings. The van der Waals surface area contributed by atoms with Crippen LogP contribution in [0.25, 0.3) is 0 Å². The molecule has 0 unspecified atom stereocenters. The van der Waals surface area contributed by atoms with Gasteiger partial charge < -0.3 is 9.47 Å². The van der Waals surface area contributed by atoms with Crippen LogP contribution >= 0.6 is 0 Å². The van der Waals surface area contributed by atoms with Crippen LogP contribution in [-0.4, -0.2) is 26.1 Å². The topological polar surface area (TPSA) is 46.8 Å². The molecule has 0 saturated heterocycles. The number of fused-ring (bicyclic) bond motifs is 1. The minimum absolute atomic E-state index is 0.0936. The first-order valence-electron chi connectivity index (χ1n) is 6.09. The molecule has 0 fully saturated rings. The molecule has 106 valence electrons. The van der Waals surface area contributed by atoms with Gasteiger partial charge in [-0.25, -0.2) is 15.0 Å². The molecule has 2 aromatic heterocycles. The summed E-state index contributed by atoms with van der Waals surface area (Å²) in [5.41, 5.74) is 1.04. The van der Waals surface area contributed by atoms with Crippen LogP contribution in [0.5, 0.6) is 0 Å². The van der Waals surface area contributed by atoms with E-state index in [4.69, 9.17) is 0 Å². The lowest BCUT2D eigenvalue weighted by atomic mass is 10.1. The van der Waals surface area contributed by atoms with E-state index in [0.29, 0.717) is 19.5 Å². The fourth-order valence-corrected chi connectivity index (χ4v) is 2.29. The number of aryl methyl sites for hydroxylation is 1. The van der Waals surface area contributed by atoms with Crippen LogP contribution in [0.4, 0.5) is 19.1 Å². The fraction of sp³-hybridized carbons (Fsp3) is 0.417. The van der Waals surface area contributed by atoms with E-state index in [9.17, 15) is 13.2 Å². The Labute approximate surface area is 113 Å². The van der Waals surface area contributed by atoms with Gasteiger partial charge in [0.2, 0.25) is 5.95 Å². The zero-order valence-corrected chi connectivity index (χ0v) is 10.7. The van der Waals surface area contributed by atoms with Crippen LogP contribution in [0.1, 0.15) is 17.1 Å². The summed E-state index contributed by atoms with van der Waals surface area (Å²) in [4.78, 5) is 13.5. The van der Waals surface area contributed by atoms with Crippen molar-refractivity contribution in [2.45, 2.75) is 19.1 Å². The number of rotatable bonds is 1. The average Bonchev–Trinajstić information content (AvgIpc) is 2.79. The molecule has 0 N–H and O–H groups in total. The maximum absolute atomic E-state index is 12.7. The fourth-order valence-electron chi connectivity index (χ4n) is 2.29. The lowest BCUT2D eigenvalue weighted by Crippen LogP contribution is -2.32. The third-order valence-electron chi connectivity index (χ3n) is 3.32. The van der Waals surface area contributed by atoms with Crippen LogP contribution in [0.3, 0.4) is 0 Å². The summed E-state index contributed by atoms with van der Waals surface area (Å²) in [5, 5.41) is 0. The summed E-state index contributed by atoms with van der Waals surface area (Å²) in [6, 6.07) is 0.875. The molecule has 1 aliphatic heterocycles. The molecule has 0 saturated carbocycles. The lowest BCUT2D eigenvalue weighted by Gasteiger charge is -2.27. The minimum atomic E-state index is -4.45. The predicted molar refractivity (Wildman–Crippen MR) is 65.0 cm³/mol. The number of aromatic nitrogens is 4. The standard InChI is InChI=1S/C12H12F3N5/c1-19-7-17-8-6-20(5-3-9(8)19)11-16-4-2-10(18-11)12(13,14)15/h2,4,7H,3,5-6H2,1H3. The molecular weight excluding hydrogens is 271 g/mol. The smallest absolute Gasteiger partial charge is 0.337 e. The van der Waals surface area contributed by atoms with E-state index in [1.807, 2.05) is 11.6 Å². The Morgan fingerprint density at radius 3 is 2.80 bits per heavy atom. The minimum Gasteiger partial charge on any atom is -0.337 e. The summed E-state index contributed by atoms with van der Waals surface area (Å²) in [5.74, 6) is 0.0936. The number of anilines is 1. The van der Waals surface area contributed by atoms with Crippen LogP contribution < -0.4 is 4.90 Å². The van der Waals surface area contributed by atoms with Crippen molar-refractivity contribution in [2.24, 2.45) is 7.05 Å². The van der Waals surface area contributed by atoms with Crippen LogP contribution in [0, 0.1) is 0 Å². The van der Waals surface area contributed by atoms with E-state index in [-0.39, 0.29) is 5.95 Å². The summed E-state index contributed by atoms with van der Waals surface area (Å²) in [6.07, 6.45) is -0.894. The largest absolute Gasteiger partial charge is 0.433 e. The highest BCUT2D eigenvalue weighted by atomic mass is 19.4. The Kier molecular flexibility index (Phi) is 2.88. The Morgan fingerprint density at radius 1 is 1.25 bits per heavy atom. The number of imidazole rings is 1. The van der Waals surface area contributed by atoms with E-state index in [2.05, 4.69) is 15.0 Å². The highest BCUT2D eigenvalue weighted by Crippen LogP contribution is 2.29. The van der Waals surface area contributed by atoms with Crippen LogP contribution in [0.15, 0.2) is 18.6 Å². The van der Waals surface area contributed by atoms with E-state index in [0.717, 1.165) is 23.7 Å². The molecule has 2 aromatic rings. The molecule has 3 rings (SSSR count). The summed E-state index contributed by atoms with van der Waals surface area (Å²) < 4.78 is 39.9. The van der Waals surface area contributed by atoms with Crippen molar-refractivity contribution in [2.75, 3.05) is 11.4 Å². The Balaban J connectivity index is 1.88. The number of alkyl halides is 3. The lowest BCUT2D eigenvalue weighted by molar-refractivity contribution is -0.141. The SMILES string of the molecule is Cn1cnc2c1CCN(c1nccc(C(F)(F)F)n1)C2. The molecule has 0 amide bonds. The molecule has 0 aromatic carbocycles. The third kappa shape index (κ3) is 2.21. The van der Waals surface area contributed by atoms with E-state index < -0.39 is 11.9 Å². The molecule has 0 bridgehead atoms. The Morgan fingerprint density at radius 2 is 2.05 bits per heavy atom. The molecular formula is C12H12F3N5. The zero-order valence-electron chi connectivity index (χ0n) is 10.7. The van der Waals surface area contributed by atoms with Crippen LogP contribution in [0.2, 0.25) is 0 Å². The summed E-state index contributed by atoms with van der Waals surface area (Å²) in [7, 11) is 1.91. The first-order valence-corrected chi connectivity index (χ1v) is 6.09. The maximum Gasteiger partial charge on any atom is 0.433 e. The monoisotopic (exact) mass is 283 g/mol. The highest BCUT2D eigenvalue weighted by Gasteiger charge is 2.33. The predicted octanol–water partition coefficient (Wildman–Crippen LogP) is 1.79. The molecule has 0 aliphatic carbocycles.